The SMILES string of the molecule is CCOC(=O)CN=[N+]=[N-].N=C=S. The van der Waals surface area contributed by atoms with Crippen molar-refractivity contribution in [2.45, 2.75) is 6.92 Å². The summed E-state index contributed by atoms with van der Waals surface area (Å²) in [6.45, 7) is 1.79. The molecule has 0 aromatic rings. The van der Waals surface area contributed by atoms with Crippen molar-refractivity contribution < 1.29 is 9.53 Å². The zero-order valence-corrected chi connectivity index (χ0v) is 7.30. The maximum Gasteiger partial charge on any atom is 0.311 e. The van der Waals surface area contributed by atoms with E-state index in [1.165, 1.54) is 0 Å². The highest BCUT2D eigenvalue weighted by atomic mass is 32.1. The van der Waals surface area contributed by atoms with Crippen molar-refractivity contribution in [3.63, 3.8) is 0 Å². The van der Waals surface area contributed by atoms with Crippen LogP contribution in [0.4, 0.5) is 0 Å². The number of nitrogens with zero attached hydrogens (tertiary/aromatic N) is 3. The van der Waals surface area contributed by atoms with Crippen LogP contribution in [-0.4, -0.2) is 24.3 Å². The Balaban J connectivity index is 0. The monoisotopic (exact) mass is 188 g/mol. The molecule has 0 aliphatic heterocycles. The van der Waals surface area contributed by atoms with Crippen molar-refractivity contribution in [2.24, 2.45) is 5.11 Å². The highest BCUT2D eigenvalue weighted by molar-refractivity contribution is 7.78. The second-order valence-electron chi connectivity index (χ2n) is 1.30. The van der Waals surface area contributed by atoms with E-state index < -0.39 is 5.97 Å². The largest absolute Gasteiger partial charge is 0.466 e. The van der Waals surface area contributed by atoms with Crippen LogP contribution < -0.4 is 0 Å². The van der Waals surface area contributed by atoms with Gasteiger partial charge in [0.05, 0.1) is 11.8 Å². The molecule has 0 saturated carbocycles. The Morgan fingerprint density at radius 2 is 2.42 bits per heavy atom. The van der Waals surface area contributed by atoms with Crippen LogP contribution in [0.1, 0.15) is 6.92 Å². The number of thiocarbonyl (C=S) groups is 1. The number of ether oxygens (including phenoxy) is 1. The normalized spacial score (nSPS) is 6.42. The summed E-state index contributed by atoms with van der Waals surface area (Å²) in [6.07, 6.45) is 0. The van der Waals surface area contributed by atoms with Gasteiger partial charge in [0.25, 0.3) is 0 Å². The molecule has 7 heteroatoms. The molecule has 1 N–H and O–H groups in total. The number of isothiocyanates is 1. The van der Waals surface area contributed by atoms with Gasteiger partial charge in [0, 0.05) is 4.91 Å². The maximum absolute atomic E-state index is 10.3. The molecule has 0 spiro atoms. The Labute approximate surface area is 74.7 Å². The maximum atomic E-state index is 10.3. The first-order chi connectivity index (χ1) is 5.72. The molecule has 0 aromatic heterocycles. The molecule has 0 radical (unpaired) electrons. The molecule has 0 aliphatic rings. The fraction of sp³-hybridized carbons (Fsp3) is 0.600. The van der Waals surface area contributed by atoms with Gasteiger partial charge in [-0.15, -0.1) is 0 Å². The fourth-order valence-corrected chi connectivity index (χ4v) is 0.296. The van der Waals surface area contributed by atoms with E-state index in [2.05, 4.69) is 27.0 Å². The van der Waals surface area contributed by atoms with Crippen LogP contribution in [0.5, 0.6) is 0 Å². The lowest BCUT2D eigenvalue weighted by Gasteiger charge is -1.94. The summed E-state index contributed by atoms with van der Waals surface area (Å²) in [5.41, 5.74) is 7.73. The predicted molar refractivity (Wildman–Crippen MR) is 46.0 cm³/mol. The summed E-state index contributed by atoms with van der Waals surface area (Å²) < 4.78 is 4.44. The molecule has 0 bridgehead atoms. The predicted octanol–water partition coefficient (Wildman–Crippen LogP) is 1.53. The van der Waals surface area contributed by atoms with E-state index in [9.17, 15) is 4.79 Å². The molecule has 0 atom stereocenters. The average molecular weight is 188 g/mol. The molecule has 6 nitrogen and oxygen atoms in total. The van der Waals surface area contributed by atoms with E-state index >= 15 is 0 Å². The van der Waals surface area contributed by atoms with Crippen molar-refractivity contribution in [1.29, 1.82) is 5.41 Å². The van der Waals surface area contributed by atoms with Crippen LogP contribution in [0, 0.1) is 5.41 Å². The van der Waals surface area contributed by atoms with Crippen molar-refractivity contribution in [2.75, 3.05) is 13.2 Å². The third-order valence-electron chi connectivity index (χ3n) is 0.568. The Hall–Kier alpha value is -1.42. The molecule has 0 unspecified atom stereocenters. The Kier molecular flexibility index (Phi) is 13.5. The Morgan fingerprint density at radius 3 is 2.75 bits per heavy atom. The number of carbonyl (C=O) groups is 1. The van der Waals surface area contributed by atoms with Gasteiger partial charge in [0.15, 0.2) is 0 Å². The highest BCUT2D eigenvalue weighted by Gasteiger charge is 1.95. The van der Waals surface area contributed by atoms with Gasteiger partial charge in [0.2, 0.25) is 0 Å². The minimum Gasteiger partial charge on any atom is -0.466 e. The van der Waals surface area contributed by atoms with Crippen molar-refractivity contribution in [1.82, 2.24) is 0 Å². The molecule has 12 heavy (non-hydrogen) atoms. The van der Waals surface area contributed by atoms with Gasteiger partial charge in [-0.3, -0.25) is 4.79 Å². The molecule has 0 heterocycles. The summed E-state index contributed by atoms with van der Waals surface area (Å²) in [5.74, 6) is -0.490. The lowest BCUT2D eigenvalue weighted by atomic mass is 10.7. The van der Waals surface area contributed by atoms with Gasteiger partial charge < -0.3 is 4.74 Å². The van der Waals surface area contributed by atoms with Gasteiger partial charge in [-0.1, -0.05) is 5.11 Å². The number of azide groups is 1. The van der Waals surface area contributed by atoms with Crippen molar-refractivity contribution >= 4 is 23.3 Å². The number of nitrogens with one attached hydrogen (secondary N) is 1. The van der Waals surface area contributed by atoms with Crippen LogP contribution in [0.2, 0.25) is 0 Å². The van der Waals surface area contributed by atoms with Crippen LogP contribution in [0.3, 0.4) is 0 Å². The van der Waals surface area contributed by atoms with E-state index in [1.54, 1.807) is 12.1 Å². The molecular weight excluding hydrogens is 180 g/mol. The number of hydrogen-bond acceptors (Lipinski definition) is 5. The molecule has 0 amide bonds. The van der Waals surface area contributed by atoms with Crippen molar-refractivity contribution in [3.05, 3.63) is 10.4 Å². The van der Waals surface area contributed by atoms with Crippen LogP contribution in [0.15, 0.2) is 5.11 Å². The molecule has 0 saturated heterocycles. The van der Waals surface area contributed by atoms with E-state index in [-0.39, 0.29) is 6.54 Å². The number of esters is 1. The topological polar surface area (TPSA) is 98.9 Å². The molecule has 66 valence electrons. The van der Waals surface area contributed by atoms with Gasteiger partial charge in [0.1, 0.15) is 6.54 Å². The van der Waals surface area contributed by atoms with Crippen LogP contribution >= 0.6 is 12.2 Å². The smallest absolute Gasteiger partial charge is 0.311 e. The molecule has 0 rings (SSSR count). The summed E-state index contributed by atoms with van der Waals surface area (Å²) >= 11 is 3.81. The number of hydrogen-bond donors (Lipinski definition) is 1. The first kappa shape index (κ1) is 13.2. The Morgan fingerprint density at radius 1 is 1.92 bits per heavy atom. The first-order valence-corrected chi connectivity index (χ1v) is 3.34. The third kappa shape index (κ3) is 15.8. The van der Waals surface area contributed by atoms with Gasteiger partial charge in [-0.25, -0.2) is 5.41 Å². The van der Waals surface area contributed by atoms with E-state index in [4.69, 9.17) is 10.9 Å². The lowest BCUT2D eigenvalue weighted by molar-refractivity contribution is -0.141. The molecule has 0 fully saturated rings. The third-order valence-corrected chi connectivity index (χ3v) is 0.568. The van der Waals surface area contributed by atoms with E-state index in [1.807, 2.05) is 0 Å². The summed E-state index contributed by atoms with van der Waals surface area (Å²) in [6, 6.07) is 0. The number of rotatable bonds is 3. The molecule has 0 aliphatic carbocycles. The lowest BCUT2D eigenvalue weighted by Crippen LogP contribution is -2.06. The quantitative estimate of drug-likeness (QED) is 0.181. The summed E-state index contributed by atoms with van der Waals surface area (Å²) in [7, 11) is 0. The average Bonchev–Trinajstić information content (AvgIpc) is 2.03. The number of carbonyl (C=O) groups excluding carboxylic acids is 1. The van der Waals surface area contributed by atoms with Gasteiger partial charge >= 0.3 is 5.97 Å². The zero-order chi connectivity index (χ0) is 9.82. The van der Waals surface area contributed by atoms with Gasteiger partial charge in [-0.05, 0) is 24.7 Å². The Bertz CT molecular complexity index is 205. The molecular formula is C5H8N4O2S. The van der Waals surface area contributed by atoms with Crippen molar-refractivity contribution in [3.8, 4) is 0 Å². The van der Waals surface area contributed by atoms with E-state index in [0.717, 1.165) is 0 Å². The van der Waals surface area contributed by atoms with E-state index in [0.29, 0.717) is 6.61 Å². The fourth-order valence-electron chi connectivity index (χ4n) is 0.296. The summed E-state index contributed by atoms with van der Waals surface area (Å²) in [5, 5.41) is 10.4. The first-order valence-electron chi connectivity index (χ1n) is 2.93. The minimum atomic E-state index is -0.490. The van der Waals surface area contributed by atoms with Crippen LogP contribution in [-0.2, 0) is 9.53 Å². The second kappa shape index (κ2) is 12.3. The second-order valence-corrected chi connectivity index (χ2v) is 1.50. The highest BCUT2D eigenvalue weighted by Crippen LogP contribution is 1.78. The summed E-state index contributed by atoms with van der Waals surface area (Å²) in [4.78, 5) is 12.7. The minimum absolute atomic E-state index is 0.218. The zero-order valence-electron chi connectivity index (χ0n) is 6.48. The molecule has 0 aromatic carbocycles. The van der Waals surface area contributed by atoms with Gasteiger partial charge in [-0.2, -0.15) is 0 Å². The van der Waals surface area contributed by atoms with Crippen LogP contribution in [0.25, 0.3) is 10.4 Å². The standard InChI is InChI=1S/C4H7N3O2.CHNS/c1-2-9-4(8)3-6-7-5;2-1-3/h2-3H2,1H3;2H.